The molecule has 1 aliphatic rings. The van der Waals surface area contributed by atoms with Gasteiger partial charge in [0.2, 0.25) is 5.91 Å². The van der Waals surface area contributed by atoms with Crippen molar-refractivity contribution in [2.24, 2.45) is 0 Å². The number of rotatable bonds is 3. The first kappa shape index (κ1) is 14.2. The summed E-state index contributed by atoms with van der Waals surface area (Å²) in [5.41, 5.74) is -0.536. The van der Waals surface area contributed by atoms with Crippen molar-refractivity contribution < 1.29 is 4.79 Å². The van der Waals surface area contributed by atoms with Crippen LogP contribution in [0.15, 0.2) is 11.4 Å². The average Bonchev–Trinajstić information content (AvgIpc) is 2.92. The largest absolute Gasteiger partial charge is 0.372 e. The molecule has 0 saturated carbocycles. The molecular formula is C14H19N5OS. The zero-order valence-electron chi connectivity index (χ0n) is 12.4. The Hall–Kier alpha value is -1.73. The van der Waals surface area contributed by atoms with Crippen molar-refractivity contribution in [3.8, 4) is 0 Å². The van der Waals surface area contributed by atoms with Crippen LogP contribution in [0.5, 0.6) is 0 Å². The summed E-state index contributed by atoms with van der Waals surface area (Å²) in [6.07, 6.45) is 0. The molecule has 0 aliphatic carbocycles. The minimum atomic E-state index is -0.536. The number of fused-ring (bicyclic) bond motifs is 1. The molecule has 112 valence electrons. The van der Waals surface area contributed by atoms with E-state index in [4.69, 9.17) is 0 Å². The van der Waals surface area contributed by atoms with Crippen LogP contribution < -0.4 is 10.6 Å². The number of aromatic nitrogens is 2. The van der Waals surface area contributed by atoms with Crippen LogP contribution in [-0.4, -0.2) is 46.5 Å². The van der Waals surface area contributed by atoms with Gasteiger partial charge in [-0.05, 0) is 25.3 Å². The zero-order valence-corrected chi connectivity index (χ0v) is 13.3. The van der Waals surface area contributed by atoms with Crippen LogP contribution in [0.4, 0.5) is 5.82 Å². The molecule has 0 aromatic carbocycles. The van der Waals surface area contributed by atoms with Gasteiger partial charge in [0.05, 0.1) is 17.5 Å². The Labute approximate surface area is 127 Å². The molecule has 1 amide bonds. The number of carbonyl (C=O) groups is 1. The summed E-state index contributed by atoms with van der Waals surface area (Å²) in [5, 5.41) is 9.08. The first-order chi connectivity index (χ1) is 10.0. The lowest BCUT2D eigenvalue weighted by molar-refractivity contribution is -0.135. The monoisotopic (exact) mass is 305 g/mol. The number of nitrogens with zero attached hydrogens (tertiary/aromatic N) is 3. The number of anilines is 1. The number of nitrogens with one attached hydrogen (secondary N) is 2. The van der Waals surface area contributed by atoms with Crippen LogP contribution in [0.1, 0.15) is 19.7 Å². The number of amides is 1. The fourth-order valence-corrected chi connectivity index (χ4v) is 3.33. The van der Waals surface area contributed by atoms with Gasteiger partial charge in [0.1, 0.15) is 16.5 Å². The van der Waals surface area contributed by atoms with Gasteiger partial charge in [0, 0.05) is 20.1 Å². The van der Waals surface area contributed by atoms with E-state index in [9.17, 15) is 4.79 Å². The van der Waals surface area contributed by atoms with E-state index in [1.807, 2.05) is 32.3 Å². The van der Waals surface area contributed by atoms with E-state index in [-0.39, 0.29) is 5.91 Å². The van der Waals surface area contributed by atoms with E-state index < -0.39 is 5.54 Å². The van der Waals surface area contributed by atoms with Gasteiger partial charge in [-0.25, -0.2) is 9.97 Å². The van der Waals surface area contributed by atoms with Crippen LogP contribution in [0, 0.1) is 0 Å². The average molecular weight is 305 g/mol. The maximum Gasteiger partial charge on any atom is 0.240 e. The highest BCUT2D eigenvalue weighted by Crippen LogP contribution is 2.26. The third kappa shape index (κ3) is 2.47. The van der Waals surface area contributed by atoms with Gasteiger partial charge in [-0.2, -0.15) is 0 Å². The molecule has 1 saturated heterocycles. The van der Waals surface area contributed by atoms with Gasteiger partial charge >= 0.3 is 0 Å². The van der Waals surface area contributed by atoms with E-state index in [0.29, 0.717) is 13.1 Å². The topological polar surface area (TPSA) is 70.2 Å². The molecule has 3 rings (SSSR count). The lowest BCUT2D eigenvalue weighted by atomic mass is 9.99. The molecule has 2 aromatic rings. The Kier molecular flexibility index (Phi) is 3.54. The number of carbonyl (C=O) groups excluding carboxylic acids is 1. The predicted molar refractivity (Wildman–Crippen MR) is 84.5 cm³/mol. The highest BCUT2D eigenvalue weighted by molar-refractivity contribution is 7.16. The lowest BCUT2D eigenvalue weighted by Crippen LogP contribution is -2.61. The Morgan fingerprint density at radius 1 is 1.48 bits per heavy atom. The van der Waals surface area contributed by atoms with Gasteiger partial charge in [-0.15, -0.1) is 11.3 Å². The van der Waals surface area contributed by atoms with Crippen molar-refractivity contribution in [2.75, 3.05) is 25.5 Å². The van der Waals surface area contributed by atoms with Crippen LogP contribution in [0.3, 0.4) is 0 Å². The molecule has 3 heterocycles. The molecule has 1 aliphatic heterocycles. The van der Waals surface area contributed by atoms with Crippen LogP contribution in [-0.2, 0) is 11.3 Å². The van der Waals surface area contributed by atoms with E-state index in [2.05, 4.69) is 25.5 Å². The summed E-state index contributed by atoms with van der Waals surface area (Å²) in [4.78, 5) is 24.3. The Bertz CT molecular complexity index is 681. The molecular weight excluding hydrogens is 286 g/mol. The maximum atomic E-state index is 12.0. The third-order valence-electron chi connectivity index (χ3n) is 3.95. The quantitative estimate of drug-likeness (QED) is 0.898. The molecule has 0 unspecified atom stereocenters. The summed E-state index contributed by atoms with van der Waals surface area (Å²) in [5.74, 6) is 1.65. The minimum Gasteiger partial charge on any atom is -0.372 e. The minimum absolute atomic E-state index is 0.0554. The van der Waals surface area contributed by atoms with Gasteiger partial charge in [0.15, 0.2) is 0 Å². The second-order valence-electron chi connectivity index (χ2n) is 5.61. The van der Waals surface area contributed by atoms with Crippen molar-refractivity contribution in [1.82, 2.24) is 20.2 Å². The molecule has 0 bridgehead atoms. The lowest BCUT2D eigenvalue weighted by Gasteiger charge is -2.40. The Morgan fingerprint density at radius 3 is 3.05 bits per heavy atom. The Morgan fingerprint density at radius 2 is 2.29 bits per heavy atom. The highest BCUT2D eigenvalue weighted by Gasteiger charge is 2.37. The molecule has 0 radical (unpaired) electrons. The SMILES string of the molecule is CNc1nc(CN2CCNC(=O)C2(C)C)nc2sccc12. The number of hydrogen-bond acceptors (Lipinski definition) is 6. The molecule has 6 nitrogen and oxygen atoms in total. The summed E-state index contributed by atoms with van der Waals surface area (Å²) in [6.45, 7) is 5.92. The van der Waals surface area contributed by atoms with E-state index in [1.165, 1.54) is 0 Å². The fourth-order valence-electron chi connectivity index (χ4n) is 2.55. The van der Waals surface area contributed by atoms with Crippen LogP contribution >= 0.6 is 11.3 Å². The van der Waals surface area contributed by atoms with Crippen molar-refractivity contribution >= 4 is 33.3 Å². The first-order valence-corrected chi connectivity index (χ1v) is 7.85. The highest BCUT2D eigenvalue weighted by atomic mass is 32.1. The van der Waals surface area contributed by atoms with Gasteiger partial charge in [-0.3, -0.25) is 9.69 Å². The number of piperazine rings is 1. The van der Waals surface area contributed by atoms with Gasteiger partial charge < -0.3 is 10.6 Å². The summed E-state index contributed by atoms with van der Waals surface area (Å²) < 4.78 is 0. The summed E-state index contributed by atoms with van der Waals surface area (Å²) >= 11 is 1.60. The van der Waals surface area contributed by atoms with Crippen LogP contribution in [0.25, 0.3) is 10.2 Å². The molecule has 0 atom stereocenters. The zero-order chi connectivity index (χ0) is 15.0. The van der Waals surface area contributed by atoms with Crippen LogP contribution in [0.2, 0.25) is 0 Å². The fraction of sp³-hybridized carbons (Fsp3) is 0.500. The first-order valence-electron chi connectivity index (χ1n) is 6.97. The van der Waals surface area contributed by atoms with E-state index in [1.54, 1.807) is 11.3 Å². The normalized spacial score (nSPS) is 18.7. The third-order valence-corrected chi connectivity index (χ3v) is 4.76. The summed E-state index contributed by atoms with van der Waals surface area (Å²) in [7, 11) is 1.86. The second-order valence-corrected chi connectivity index (χ2v) is 6.51. The van der Waals surface area contributed by atoms with Crippen molar-refractivity contribution in [2.45, 2.75) is 25.9 Å². The molecule has 21 heavy (non-hydrogen) atoms. The molecule has 0 spiro atoms. The summed E-state index contributed by atoms with van der Waals surface area (Å²) in [6, 6.07) is 2.02. The molecule has 2 aromatic heterocycles. The van der Waals surface area contributed by atoms with Crippen molar-refractivity contribution in [3.63, 3.8) is 0 Å². The smallest absolute Gasteiger partial charge is 0.240 e. The second kappa shape index (κ2) is 5.23. The van der Waals surface area contributed by atoms with Crippen molar-refractivity contribution in [1.29, 1.82) is 0 Å². The maximum absolute atomic E-state index is 12.0. The van der Waals surface area contributed by atoms with Crippen molar-refractivity contribution in [3.05, 3.63) is 17.3 Å². The number of hydrogen-bond donors (Lipinski definition) is 2. The standard InChI is InChI=1S/C14H19N5OS/c1-14(2)13(20)16-5-6-19(14)8-10-17-11(15-3)9-4-7-21-12(9)18-10/h4,7H,5-6,8H2,1-3H3,(H,16,20)(H,15,17,18). The number of thiophene rings is 1. The van der Waals surface area contributed by atoms with Gasteiger partial charge in [0.25, 0.3) is 0 Å². The van der Waals surface area contributed by atoms with E-state index >= 15 is 0 Å². The molecule has 7 heteroatoms. The molecule has 2 N–H and O–H groups in total. The Balaban J connectivity index is 1.92. The van der Waals surface area contributed by atoms with Gasteiger partial charge in [-0.1, -0.05) is 0 Å². The van der Waals surface area contributed by atoms with E-state index in [0.717, 1.165) is 28.4 Å². The predicted octanol–water partition coefficient (Wildman–Crippen LogP) is 1.44. The molecule has 1 fully saturated rings.